The highest BCUT2D eigenvalue weighted by molar-refractivity contribution is 5.74. The second-order valence-corrected chi connectivity index (χ2v) is 3.90. The van der Waals surface area contributed by atoms with Crippen LogP contribution in [0.15, 0.2) is 0 Å². The molecule has 68 valence electrons. The van der Waals surface area contributed by atoms with Gasteiger partial charge in [-0.25, -0.2) is 0 Å². The standard InChI is InChI=1S/C9H15NO2/c1-6(11)10-5-4-8(10)9(12)7-2-3-7/h7-9,12H,2-5H2,1H3. The molecular formula is C9H15NO2. The van der Waals surface area contributed by atoms with Crippen LogP contribution in [0.2, 0.25) is 0 Å². The quantitative estimate of drug-likeness (QED) is 0.649. The fraction of sp³-hybridized carbons (Fsp3) is 0.889. The smallest absolute Gasteiger partial charge is 0.219 e. The van der Waals surface area contributed by atoms with E-state index >= 15 is 0 Å². The summed E-state index contributed by atoms with van der Waals surface area (Å²) in [6, 6.07) is 0.134. The van der Waals surface area contributed by atoms with Gasteiger partial charge in [0.05, 0.1) is 12.1 Å². The zero-order valence-electron chi connectivity index (χ0n) is 7.36. The van der Waals surface area contributed by atoms with Crippen LogP contribution in [0.5, 0.6) is 0 Å². The van der Waals surface area contributed by atoms with Gasteiger partial charge in [-0.2, -0.15) is 0 Å². The third-order valence-corrected chi connectivity index (χ3v) is 2.97. The van der Waals surface area contributed by atoms with Crippen molar-refractivity contribution in [3.8, 4) is 0 Å². The Labute approximate surface area is 72.4 Å². The molecule has 3 heteroatoms. The lowest BCUT2D eigenvalue weighted by atomic mass is 9.94. The Morgan fingerprint density at radius 3 is 2.50 bits per heavy atom. The molecule has 0 aromatic heterocycles. The lowest BCUT2D eigenvalue weighted by Gasteiger charge is -2.43. The van der Waals surface area contributed by atoms with E-state index in [1.807, 2.05) is 0 Å². The molecule has 0 aromatic carbocycles. The molecule has 1 heterocycles. The highest BCUT2D eigenvalue weighted by Gasteiger charge is 2.42. The monoisotopic (exact) mass is 169 g/mol. The summed E-state index contributed by atoms with van der Waals surface area (Å²) in [5.74, 6) is 0.586. The van der Waals surface area contributed by atoms with Crippen LogP contribution in [0.3, 0.4) is 0 Å². The average molecular weight is 169 g/mol. The van der Waals surface area contributed by atoms with Gasteiger partial charge >= 0.3 is 0 Å². The minimum absolute atomic E-state index is 0.103. The Hall–Kier alpha value is -0.570. The van der Waals surface area contributed by atoms with E-state index in [9.17, 15) is 9.90 Å². The Balaban J connectivity index is 1.91. The summed E-state index contributed by atoms with van der Waals surface area (Å²) in [4.78, 5) is 12.8. The van der Waals surface area contributed by atoms with Gasteiger partial charge in [0.25, 0.3) is 0 Å². The Bertz CT molecular complexity index is 201. The first-order valence-corrected chi connectivity index (χ1v) is 4.65. The van der Waals surface area contributed by atoms with E-state index in [0.717, 1.165) is 25.8 Å². The molecular weight excluding hydrogens is 154 g/mol. The van der Waals surface area contributed by atoms with E-state index in [-0.39, 0.29) is 18.1 Å². The minimum Gasteiger partial charge on any atom is -0.391 e. The molecule has 1 aliphatic heterocycles. The summed E-state index contributed by atoms with van der Waals surface area (Å²) in [6.07, 6.45) is 3.02. The van der Waals surface area contributed by atoms with Crippen LogP contribution in [0.25, 0.3) is 0 Å². The Kier molecular flexibility index (Phi) is 1.83. The van der Waals surface area contributed by atoms with Crippen molar-refractivity contribution in [2.45, 2.75) is 38.3 Å². The molecule has 2 aliphatic rings. The zero-order chi connectivity index (χ0) is 8.72. The molecule has 2 rings (SSSR count). The topological polar surface area (TPSA) is 40.5 Å². The number of carbonyl (C=O) groups excluding carboxylic acids is 1. The van der Waals surface area contributed by atoms with Crippen molar-refractivity contribution in [1.29, 1.82) is 0 Å². The fourth-order valence-corrected chi connectivity index (χ4v) is 1.91. The number of aliphatic hydroxyl groups excluding tert-OH is 1. The molecule has 2 fully saturated rings. The molecule has 1 aliphatic carbocycles. The van der Waals surface area contributed by atoms with E-state index in [4.69, 9.17) is 0 Å². The van der Waals surface area contributed by atoms with Crippen LogP contribution in [-0.2, 0) is 4.79 Å². The molecule has 2 atom stereocenters. The van der Waals surface area contributed by atoms with Gasteiger partial charge in [0.2, 0.25) is 5.91 Å². The fourth-order valence-electron chi connectivity index (χ4n) is 1.91. The van der Waals surface area contributed by atoms with Crippen LogP contribution in [0.4, 0.5) is 0 Å². The number of likely N-dealkylation sites (tertiary alicyclic amines) is 1. The number of carbonyl (C=O) groups is 1. The summed E-state index contributed by atoms with van der Waals surface area (Å²) in [5, 5.41) is 9.73. The molecule has 1 N–H and O–H groups in total. The molecule has 12 heavy (non-hydrogen) atoms. The van der Waals surface area contributed by atoms with Crippen molar-refractivity contribution in [2.75, 3.05) is 6.54 Å². The van der Waals surface area contributed by atoms with Gasteiger partial charge in [-0.15, -0.1) is 0 Å². The Morgan fingerprint density at radius 2 is 2.17 bits per heavy atom. The molecule has 2 unspecified atom stereocenters. The van der Waals surface area contributed by atoms with Gasteiger partial charge in [0.15, 0.2) is 0 Å². The summed E-state index contributed by atoms with van der Waals surface area (Å²) < 4.78 is 0. The second kappa shape index (κ2) is 2.73. The van der Waals surface area contributed by atoms with Gasteiger partial charge < -0.3 is 10.0 Å². The first-order valence-electron chi connectivity index (χ1n) is 4.65. The Morgan fingerprint density at radius 1 is 1.50 bits per heavy atom. The lowest BCUT2D eigenvalue weighted by molar-refractivity contribution is -0.141. The van der Waals surface area contributed by atoms with E-state index in [2.05, 4.69) is 0 Å². The minimum atomic E-state index is -0.248. The van der Waals surface area contributed by atoms with Crippen LogP contribution >= 0.6 is 0 Å². The van der Waals surface area contributed by atoms with E-state index in [1.54, 1.807) is 11.8 Å². The van der Waals surface area contributed by atoms with Gasteiger partial charge in [-0.1, -0.05) is 0 Å². The largest absolute Gasteiger partial charge is 0.391 e. The molecule has 1 saturated carbocycles. The number of aliphatic hydroxyl groups is 1. The SMILES string of the molecule is CC(=O)N1CCC1C(O)C1CC1. The third-order valence-electron chi connectivity index (χ3n) is 2.97. The van der Waals surface area contributed by atoms with Crippen molar-refractivity contribution in [1.82, 2.24) is 4.90 Å². The van der Waals surface area contributed by atoms with Crippen LogP contribution < -0.4 is 0 Å². The van der Waals surface area contributed by atoms with Gasteiger partial charge in [-0.3, -0.25) is 4.79 Å². The van der Waals surface area contributed by atoms with Crippen molar-refractivity contribution < 1.29 is 9.90 Å². The third kappa shape index (κ3) is 1.22. The summed E-state index contributed by atoms with van der Waals surface area (Å²) in [6.45, 7) is 2.41. The number of hydrogen-bond donors (Lipinski definition) is 1. The first kappa shape index (κ1) is 8.05. The lowest BCUT2D eigenvalue weighted by Crippen LogP contribution is -2.56. The van der Waals surface area contributed by atoms with Crippen molar-refractivity contribution in [3.63, 3.8) is 0 Å². The molecule has 0 bridgehead atoms. The molecule has 0 radical (unpaired) electrons. The van der Waals surface area contributed by atoms with E-state index < -0.39 is 0 Å². The zero-order valence-corrected chi connectivity index (χ0v) is 7.36. The van der Waals surface area contributed by atoms with Gasteiger partial charge in [0.1, 0.15) is 0 Å². The predicted molar refractivity (Wildman–Crippen MR) is 44.5 cm³/mol. The van der Waals surface area contributed by atoms with Gasteiger partial charge in [-0.05, 0) is 25.2 Å². The molecule has 1 saturated heterocycles. The van der Waals surface area contributed by atoms with Crippen molar-refractivity contribution in [3.05, 3.63) is 0 Å². The number of amides is 1. The van der Waals surface area contributed by atoms with Crippen LogP contribution in [0.1, 0.15) is 26.2 Å². The molecule has 3 nitrogen and oxygen atoms in total. The molecule has 0 aromatic rings. The molecule has 0 spiro atoms. The maximum absolute atomic E-state index is 11.0. The summed E-state index contributed by atoms with van der Waals surface area (Å²) >= 11 is 0. The van der Waals surface area contributed by atoms with Gasteiger partial charge in [0, 0.05) is 13.5 Å². The number of rotatable bonds is 2. The van der Waals surface area contributed by atoms with Crippen LogP contribution in [0, 0.1) is 5.92 Å². The van der Waals surface area contributed by atoms with Crippen molar-refractivity contribution >= 4 is 5.91 Å². The maximum Gasteiger partial charge on any atom is 0.219 e. The van der Waals surface area contributed by atoms with E-state index in [1.165, 1.54) is 0 Å². The highest BCUT2D eigenvalue weighted by Crippen LogP contribution is 2.38. The molecule has 1 amide bonds. The second-order valence-electron chi connectivity index (χ2n) is 3.90. The van der Waals surface area contributed by atoms with E-state index in [0.29, 0.717) is 5.92 Å². The summed E-state index contributed by atoms with van der Waals surface area (Å²) in [5.41, 5.74) is 0. The predicted octanol–water partition coefficient (Wildman–Crippen LogP) is 0.378. The average Bonchev–Trinajstić information content (AvgIpc) is 2.62. The summed E-state index contributed by atoms with van der Waals surface area (Å²) in [7, 11) is 0. The van der Waals surface area contributed by atoms with Crippen LogP contribution in [-0.4, -0.2) is 34.6 Å². The number of nitrogens with zero attached hydrogens (tertiary/aromatic N) is 1. The maximum atomic E-state index is 11.0. The normalized spacial score (nSPS) is 31.2. The van der Waals surface area contributed by atoms with Crippen molar-refractivity contribution in [2.24, 2.45) is 5.92 Å². The first-order chi connectivity index (χ1) is 5.70. The number of hydrogen-bond acceptors (Lipinski definition) is 2. The highest BCUT2D eigenvalue weighted by atomic mass is 16.3.